The number of hydrogen-bond donors (Lipinski definition) is 0. The molecule has 2 aromatic rings. The largest absolute Gasteiger partial charge is 0.462 e. The number of aromatic nitrogens is 1. The second kappa shape index (κ2) is 5.45. The molecule has 0 spiro atoms. The highest BCUT2D eigenvalue weighted by Crippen LogP contribution is 2.22. The van der Waals surface area contributed by atoms with Crippen LogP contribution in [0.4, 0.5) is 0 Å². The fraction of sp³-hybridized carbons (Fsp3) is 0.200. The van der Waals surface area contributed by atoms with E-state index in [2.05, 4.69) is 4.98 Å². The molecule has 0 saturated carbocycles. The Kier molecular flexibility index (Phi) is 3.72. The molecule has 3 nitrogen and oxygen atoms in total. The number of nitrogens with zero attached hydrogens (tertiary/aromatic N) is 1. The number of pyridine rings is 1. The van der Waals surface area contributed by atoms with Crippen LogP contribution in [-0.2, 0) is 4.74 Å². The molecule has 0 atom stereocenters. The molecule has 1 heterocycles. The average molecular weight is 241 g/mol. The van der Waals surface area contributed by atoms with Crippen molar-refractivity contribution in [2.45, 2.75) is 13.8 Å². The van der Waals surface area contributed by atoms with E-state index < -0.39 is 0 Å². The van der Waals surface area contributed by atoms with Crippen LogP contribution in [0.5, 0.6) is 0 Å². The van der Waals surface area contributed by atoms with Gasteiger partial charge in [0.05, 0.1) is 12.2 Å². The summed E-state index contributed by atoms with van der Waals surface area (Å²) in [6, 6.07) is 9.60. The zero-order valence-corrected chi connectivity index (χ0v) is 10.5. The zero-order valence-electron chi connectivity index (χ0n) is 10.5. The summed E-state index contributed by atoms with van der Waals surface area (Å²) in [6.07, 6.45) is 3.50. The lowest BCUT2D eigenvalue weighted by atomic mass is 10.0. The smallest absolute Gasteiger partial charge is 0.338 e. The van der Waals surface area contributed by atoms with Crippen LogP contribution in [0.1, 0.15) is 22.8 Å². The third-order valence-corrected chi connectivity index (χ3v) is 2.73. The van der Waals surface area contributed by atoms with Crippen molar-refractivity contribution in [3.63, 3.8) is 0 Å². The minimum Gasteiger partial charge on any atom is -0.462 e. The van der Waals surface area contributed by atoms with Gasteiger partial charge in [-0.05, 0) is 37.1 Å². The van der Waals surface area contributed by atoms with Gasteiger partial charge in [-0.15, -0.1) is 0 Å². The van der Waals surface area contributed by atoms with E-state index in [4.69, 9.17) is 4.74 Å². The number of ether oxygens (including phenoxy) is 1. The van der Waals surface area contributed by atoms with Crippen LogP contribution in [0.15, 0.2) is 42.7 Å². The molecule has 0 amide bonds. The van der Waals surface area contributed by atoms with Crippen molar-refractivity contribution in [1.82, 2.24) is 4.98 Å². The molecule has 0 aliphatic rings. The van der Waals surface area contributed by atoms with E-state index in [1.807, 2.05) is 37.3 Å². The summed E-state index contributed by atoms with van der Waals surface area (Å²) in [5.41, 5.74) is 3.49. The number of rotatable bonds is 3. The van der Waals surface area contributed by atoms with E-state index in [9.17, 15) is 4.79 Å². The Labute approximate surface area is 106 Å². The molecule has 2 rings (SSSR count). The maximum Gasteiger partial charge on any atom is 0.338 e. The van der Waals surface area contributed by atoms with Gasteiger partial charge in [-0.2, -0.15) is 0 Å². The predicted molar refractivity (Wildman–Crippen MR) is 70.4 cm³/mol. The van der Waals surface area contributed by atoms with Crippen molar-refractivity contribution in [3.05, 3.63) is 53.9 Å². The lowest BCUT2D eigenvalue weighted by molar-refractivity contribution is 0.0525. The number of hydrogen-bond acceptors (Lipinski definition) is 3. The first-order valence-corrected chi connectivity index (χ1v) is 5.90. The summed E-state index contributed by atoms with van der Waals surface area (Å²) in [5.74, 6) is -0.277. The fourth-order valence-electron chi connectivity index (χ4n) is 1.76. The summed E-state index contributed by atoms with van der Waals surface area (Å²) in [7, 11) is 0. The molecule has 0 saturated heterocycles. The quantitative estimate of drug-likeness (QED) is 0.774. The highest BCUT2D eigenvalue weighted by atomic mass is 16.5. The molecular weight excluding hydrogens is 226 g/mol. The molecule has 18 heavy (non-hydrogen) atoms. The summed E-state index contributed by atoms with van der Waals surface area (Å²) < 4.78 is 5.05. The molecule has 0 bridgehead atoms. The summed E-state index contributed by atoms with van der Waals surface area (Å²) >= 11 is 0. The minimum atomic E-state index is -0.277. The van der Waals surface area contributed by atoms with Crippen molar-refractivity contribution in [3.8, 4) is 11.1 Å². The summed E-state index contributed by atoms with van der Waals surface area (Å²) in [6.45, 7) is 4.09. The first-order chi connectivity index (χ1) is 8.72. The van der Waals surface area contributed by atoms with Crippen LogP contribution >= 0.6 is 0 Å². The maximum atomic E-state index is 11.8. The third kappa shape index (κ3) is 2.56. The average Bonchev–Trinajstić information content (AvgIpc) is 2.40. The van der Waals surface area contributed by atoms with Gasteiger partial charge < -0.3 is 4.74 Å². The molecule has 0 fully saturated rings. The van der Waals surface area contributed by atoms with Crippen molar-refractivity contribution in [1.29, 1.82) is 0 Å². The Morgan fingerprint density at radius 1 is 1.28 bits per heavy atom. The molecule has 0 aliphatic carbocycles. The van der Waals surface area contributed by atoms with E-state index in [-0.39, 0.29) is 5.97 Å². The monoisotopic (exact) mass is 241 g/mol. The van der Waals surface area contributed by atoms with E-state index in [0.717, 1.165) is 16.7 Å². The number of benzene rings is 1. The van der Waals surface area contributed by atoms with Crippen LogP contribution in [-0.4, -0.2) is 17.6 Å². The summed E-state index contributed by atoms with van der Waals surface area (Å²) in [4.78, 5) is 15.9. The second-order valence-corrected chi connectivity index (χ2v) is 3.99. The first kappa shape index (κ1) is 12.3. The summed E-state index contributed by atoms with van der Waals surface area (Å²) in [5, 5.41) is 0. The standard InChI is InChI=1S/C15H15NO2/c1-3-18-15(17)14-9-12(7-6-11(14)2)13-5-4-8-16-10-13/h4-10H,3H2,1-2H3. The Balaban J connectivity index is 2.41. The van der Waals surface area contributed by atoms with Gasteiger partial charge in [0.15, 0.2) is 0 Å². The predicted octanol–water partition coefficient (Wildman–Crippen LogP) is 3.23. The van der Waals surface area contributed by atoms with Gasteiger partial charge in [0.2, 0.25) is 0 Å². The van der Waals surface area contributed by atoms with Crippen molar-refractivity contribution in [2.75, 3.05) is 6.61 Å². The number of esters is 1. The van der Waals surface area contributed by atoms with E-state index >= 15 is 0 Å². The topological polar surface area (TPSA) is 39.2 Å². The first-order valence-electron chi connectivity index (χ1n) is 5.90. The fourth-order valence-corrected chi connectivity index (χ4v) is 1.76. The van der Waals surface area contributed by atoms with Crippen molar-refractivity contribution in [2.24, 2.45) is 0 Å². The second-order valence-electron chi connectivity index (χ2n) is 3.99. The molecule has 92 valence electrons. The minimum absolute atomic E-state index is 0.277. The van der Waals surface area contributed by atoms with E-state index in [0.29, 0.717) is 12.2 Å². The van der Waals surface area contributed by atoms with Gasteiger partial charge >= 0.3 is 5.97 Å². The van der Waals surface area contributed by atoms with Gasteiger partial charge in [-0.3, -0.25) is 4.98 Å². The van der Waals surface area contributed by atoms with Gasteiger partial charge in [0.1, 0.15) is 0 Å². The lowest BCUT2D eigenvalue weighted by Gasteiger charge is -2.08. The van der Waals surface area contributed by atoms with Crippen LogP contribution in [0.25, 0.3) is 11.1 Å². The van der Waals surface area contributed by atoms with Gasteiger partial charge in [-0.25, -0.2) is 4.79 Å². The van der Waals surface area contributed by atoms with Gasteiger partial charge in [0.25, 0.3) is 0 Å². The van der Waals surface area contributed by atoms with Crippen LogP contribution in [0.3, 0.4) is 0 Å². The number of carbonyl (C=O) groups excluding carboxylic acids is 1. The van der Waals surface area contributed by atoms with Gasteiger partial charge in [-0.1, -0.05) is 18.2 Å². The van der Waals surface area contributed by atoms with Crippen molar-refractivity contribution < 1.29 is 9.53 Å². The number of carbonyl (C=O) groups is 1. The molecule has 0 N–H and O–H groups in total. The molecular formula is C15H15NO2. The molecule has 1 aromatic heterocycles. The van der Waals surface area contributed by atoms with Crippen molar-refractivity contribution >= 4 is 5.97 Å². The molecule has 0 unspecified atom stereocenters. The Bertz CT molecular complexity index is 550. The Hall–Kier alpha value is -2.16. The molecule has 3 heteroatoms. The van der Waals surface area contributed by atoms with Crippen LogP contribution in [0.2, 0.25) is 0 Å². The normalized spacial score (nSPS) is 10.1. The SMILES string of the molecule is CCOC(=O)c1cc(-c2cccnc2)ccc1C. The van der Waals surface area contributed by atoms with E-state index in [1.165, 1.54) is 0 Å². The molecule has 0 radical (unpaired) electrons. The lowest BCUT2D eigenvalue weighted by Crippen LogP contribution is -2.06. The highest BCUT2D eigenvalue weighted by Gasteiger charge is 2.11. The zero-order chi connectivity index (χ0) is 13.0. The third-order valence-electron chi connectivity index (χ3n) is 2.73. The Morgan fingerprint density at radius 3 is 2.78 bits per heavy atom. The Morgan fingerprint density at radius 2 is 2.11 bits per heavy atom. The maximum absolute atomic E-state index is 11.8. The van der Waals surface area contributed by atoms with E-state index in [1.54, 1.807) is 19.3 Å². The molecule has 1 aromatic carbocycles. The highest BCUT2D eigenvalue weighted by molar-refractivity contribution is 5.92. The molecule has 0 aliphatic heterocycles. The van der Waals surface area contributed by atoms with Crippen LogP contribution in [0, 0.1) is 6.92 Å². The van der Waals surface area contributed by atoms with Crippen LogP contribution < -0.4 is 0 Å². The number of aryl methyl sites for hydroxylation is 1. The van der Waals surface area contributed by atoms with Gasteiger partial charge in [0, 0.05) is 18.0 Å².